The number of amidine groups is 1. The zero-order valence-electron chi connectivity index (χ0n) is 10.9. The van der Waals surface area contributed by atoms with Gasteiger partial charge >= 0.3 is 0 Å². The Morgan fingerprint density at radius 1 is 1.25 bits per heavy atom. The second-order valence-electron chi connectivity index (χ2n) is 4.16. The number of anilines is 1. The molecule has 0 radical (unpaired) electrons. The topological polar surface area (TPSA) is 130 Å². The number of nitrogens with zero attached hydrogens (tertiary/aromatic N) is 2. The van der Waals surface area contributed by atoms with E-state index in [1.165, 1.54) is 31.3 Å². The Hall–Kier alpha value is -1.81. The predicted octanol–water partition coefficient (Wildman–Crippen LogP) is -0.451. The van der Waals surface area contributed by atoms with E-state index in [1.54, 1.807) is 0 Å². The fraction of sp³-hybridized carbons (Fsp3) is 0.300. The summed E-state index contributed by atoms with van der Waals surface area (Å²) in [7, 11) is -6.39. The van der Waals surface area contributed by atoms with Gasteiger partial charge in [0.15, 0.2) is 20.8 Å². The lowest BCUT2D eigenvalue weighted by atomic mass is 10.2. The highest BCUT2D eigenvalue weighted by molar-refractivity contribution is 8.08. The molecule has 3 N–H and O–H groups in total. The molecule has 0 aliphatic carbocycles. The number of oxime groups is 1. The summed E-state index contributed by atoms with van der Waals surface area (Å²) < 4.78 is 46.8. The van der Waals surface area contributed by atoms with Crippen LogP contribution in [0.25, 0.3) is 0 Å². The van der Waals surface area contributed by atoms with Crippen molar-refractivity contribution in [2.75, 3.05) is 22.7 Å². The minimum atomic E-state index is -3.98. The van der Waals surface area contributed by atoms with Gasteiger partial charge in [-0.1, -0.05) is 5.16 Å². The van der Waals surface area contributed by atoms with Crippen LogP contribution >= 0.6 is 0 Å². The smallest absolute Gasteiger partial charge is 0.249 e. The largest absolute Gasteiger partial charge is 0.409 e. The maximum Gasteiger partial charge on any atom is 0.249 e. The van der Waals surface area contributed by atoms with Gasteiger partial charge in [-0.2, -0.15) is 0 Å². The second kappa shape index (κ2) is 5.67. The van der Waals surface area contributed by atoms with Crippen molar-refractivity contribution < 1.29 is 22.0 Å². The molecule has 1 aromatic carbocycles. The lowest BCUT2D eigenvalue weighted by molar-refractivity contribution is 0.318. The predicted molar refractivity (Wildman–Crippen MR) is 76.0 cm³/mol. The normalized spacial score (nSPS) is 13.2. The Balaban J connectivity index is 3.07. The average Bonchev–Trinajstić information content (AvgIpc) is 2.34. The summed E-state index contributed by atoms with van der Waals surface area (Å²) in [6.45, 7) is 0. The van der Waals surface area contributed by atoms with Gasteiger partial charge < -0.3 is 10.9 Å². The molecule has 0 saturated heterocycles. The van der Waals surface area contributed by atoms with Crippen LogP contribution in [0.2, 0.25) is 0 Å². The Kier molecular flexibility index (Phi) is 4.61. The highest BCUT2D eigenvalue weighted by atomic mass is 32.3. The quantitative estimate of drug-likeness (QED) is 0.327. The summed E-state index contributed by atoms with van der Waals surface area (Å²) in [5.41, 5.74) is 6.05. The fourth-order valence-electron chi connectivity index (χ4n) is 1.41. The van der Waals surface area contributed by atoms with E-state index >= 15 is 0 Å². The molecule has 0 atom stereocenters. The summed E-state index contributed by atoms with van der Waals surface area (Å²) in [6, 6.07) is 5.76. The van der Waals surface area contributed by atoms with E-state index in [1.807, 2.05) is 0 Å². The Labute approximate surface area is 117 Å². The van der Waals surface area contributed by atoms with Crippen molar-refractivity contribution in [1.29, 1.82) is 0 Å². The molecule has 0 heterocycles. The van der Waals surface area contributed by atoms with Gasteiger partial charge in [0.05, 0.1) is 5.69 Å². The first-order valence-electron chi connectivity index (χ1n) is 5.29. The van der Waals surface area contributed by atoms with Crippen LogP contribution in [0.4, 0.5) is 5.69 Å². The molecule has 0 aromatic heterocycles. The molecule has 1 rings (SSSR count). The van der Waals surface area contributed by atoms with E-state index in [0.717, 1.165) is 10.6 Å². The third-order valence-corrected chi connectivity index (χ3v) is 6.36. The third-order valence-electron chi connectivity index (χ3n) is 2.41. The van der Waals surface area contributed by atoms with Crippen molar-refractivity contribution in [1.82, 2.24) is 0 Å². The van der Waals surface area contributed by atoms with Gasteiger partial charge in [0.1, 0.15) is 0 Å². The number of hydrogen-bond acceptors (Lipinski definition) is 6. The molecule has 0 spiro atoms. The first-order chi connectivity index (χ1) is 9.07. The molecule has 0 fully saturated rings. The summed E-state index contributed by atoms with van der Waals surface area (Å²) >= 11 is 0. The number of rotatable bonds is 5. The van der Waals surface area contributed by atoms with E-state index < -0.39 is 24.9 Å². The van der Waals surface area contributed by atoms with Crippen molar-refractivity contribution in [3.8, 4) is 0 Å². The number of benzene rings is 1. The maximum absolute atomic E-state index is 11.9. The standard InChI is InChI=1S/C10H15N3O5S2/c1-13(20(17,18)7-19(2,15)16)9-5-3-8(4-6-9)10(11)12-14/h3-6,14H,7H2,1-2H3,(H2,11,12). The van der Waals surface area contributed by atoms with Crippen molar-refractivity contribution in [3.05, 3.63) is 29.8 Å². The number of sulfonamides is 1. The van der Waals surface area contributed by atoms with Crippen LogP contribution in [0.3, 0.4) is 0 Å². The molecule has 20 heavy (non-hydrogen) atoms. The molecule has 1 aromatic rings. The number of sulfone groups is 1. The van der Waals surface area contributed by atoms with E-state index in [0.29, 0.717) is 5.56 Å². The minimum Gasteiger partial charge on any atom is -0.409 e. The van der Waals surface area contributed by atoms with E-state index in [9.17, 15) is 16.8 Å². The zero-order valence-corrected chi connectivity index (χ0v) is 12.5. The van der Waals surface area contributed by atoms with Crippen LogP contribution in [0, 0.1) is 0 Å². The van der Waals surface area contributed by atoms with Crippen molar-refractivity contribution in [3.63, 3.8) is 0 Å². The summed E-state index contributed by atoms with van der Waals surface area (Å²) in [6.07, 6.45) is 0.847. The van der Waals surface area contributed by atoms with Crippen LogP contribution in [-0.4, -0.2) is 46.3 Å². The monoisotopic (exact) mass is 321 g/mol. The lowest BCUT2D eigenvalue weighted by Crippen LogP contribution is -2.32. The summed E-state index contributed by atoms with van der Waals surface area (Å²) in [4.78, 5) is 0. The van der Waals surface area contributed by atoms with Gasteiger partial charge in [-0.05, 0) is 24.3 Å². The van der Waals surface area contributed by atoms with E-state index in [-0.39, 0.29) is 11.5 Å². The summed E-state index contributed by atoms with van der Waals surface area (Å²) in [5.74, 6) is -0.113. The van der Waals surface area contributed by atoms with Crippen LogP contribution in [0.15, 0.2) is 29.4 Å². The molecular formula is C10H15N3O5S2. The van der Waals surface area contributed by atoms with Gasteiger partial charge in [0.25, 0.3) is 0 Å². The van der Waals surface area contributed by atoms with Gasteiger partial charge in [-0.25, -0.2) is 16.8 Å². The van der Waals surface area contributed by atoms with Gasteiger partial charge in [0.2, 0.25) is 10.0 Å². The first kappa shape index (κ1) is 16.2. The van der Waals surface area contributed by atoms with Crippen LogP contribution in [0.1, 0.15) is 5.56 Å². The maximum atomic E-state index is 11.9. The number of nitrogens with two attached hydrogens (primary N) is 1. The first-order valence-corrected chi connectivity index (χ1v) is 8.96. The SMILES string of the molecule is CN(c1ccc(/C(N)=N/O)cc1)S(=O)(=O)CS(C)(=O)=O. The molecule has 8 nitrogen and oxygen atoms in total. The lowest BCUT2D eigenvalue weighted by Gasteiger charge is -2.19. The third kappa shape index (κ3) is 4.10. The second-order valence-corrected chi connectivity index (χ2v) is 8.66. The molecule has 0 aliphatic heterocycles. The Bertz CT molecular complexity index is 708. The van der Waals surface area contributed by atoms with Crippen LogP contribution in [-0.2, 0) is 19.9 Å². The minimum absolute atomic E-state index is 0.113. The highest BCUT2D eigenvalue weighted by Gasteiger charge is 2.23. The Morgan fingerprint density at radius 2 is 1.75 bits per heavy atom. The molecular weight excluding hydrogens is 306 g/mol. The van der Waals surface area contributed by atoms with Gasteiger partial charge in [0, 0.05) is 18.9 Å². The fourth-order valence-corrected chi connectivity index (χ4v) is 4.65. The van der Waals surface area contributed by atoms with Crippen LogP contribution < -0.4 is 10.0 Å². The van der Waals surface area contributed by atoms with Crippen molar-refractivity contribution >= 4 is 31.4 Å². The molecule has 0 saturated carbocycles. The van der Waals surface area contributed by atoms with Crippen LogP contribution in [0.5, 0.6) is 0 Å². The zero-order chi connectivity index (χ0) is 15.6. The Morgan fingerprint density at radius 3 is 2.15 bits per heavy atom. The highest BCUT2D eigenvalue weighted by Crippen LogP contribution is 2.18. The van der Waals surface area contributed by atoms with Crippen molar-refractivity contribution in [2.45, 2.75) is 0 Å². The van der Waals surface area contributed by atoms with Gasteiger partial charge in [-0.3, -0.25) is 4.31 Å². The molecule has 0 unspecified atom stereocenters. The van der Waals surface area contributed by atoms with Gasteiger partial charge in [-0.15, -0.1) is 0 Å². The molecule has 0 aliphatic rings. The summed E-state index contributed by atoms with van der Waals surface area (Å²) in [5, 5.41) is 10.4. The average molecular weight is 321 g/mol. The molecule has 10 heteroatoms. The number of hydrogen-bond donors (Lipinski definition) is 2. The van der Waals surface area contributed by atoms with E-state index in [4.69, 9.17) is 10.9 Å². The molecule has 0 bridgehead atoms. The molecule has 112 valence electrons. The van der Waals surface area contributed by atoms with Crippen molar-refractivity contribution in [2.24, 2.45) is 10.9 Å². The van der Waals surface area contributed by atoms with E-state index in [2.05, 4.69) is 5.16 Å². The molecule has 0 amide bonds.